The fraction of sp³-hybridized carbons (Fsp3) is 0.538. The molecule has 21 heavy (non-hydrogen) atoms. The van der Waals surface area contributed by atoms with E-state index in [0.29, 0.717) is 22.0 Å². The van der Waals surface area contributed by atoms with Crippen LogP contribution in [0.1, 0.15) is 18.9 Å². The summed E-state index contributed by atoms with van der Waals surface area (Å²) in [7, 11) is -4.15. The quantitative estimate of drug-likeness (QED) is 0.927. The van der Waals surface area contributed by atoms with Gasteiger partial charge in [0.15, 0.2) is 0 Å². The maximum Gasteiger partial charge on any atom is 0.402 e. The highest BCUT2D eigenvalue weighted by Crippen LogP contribution is 2.31. The lowest BCUT2D eigenvalue weighted by molar-refractivity contribution is -0.135. The maximum absolute atomic E-state index is 12.6. The molecular formula is C13H17F3N2O2S. The van der Waals surface area contributed by atoms with Crippen LogP contribution in [-0.2, 0) is 16.4 Å². The molecule has 0 bridgehead atoms. The van der Waals surface area contributed by atoms with E-state index in [-0.39, 0.29) is 11.4 Å². The lowest BCUT2D eigenvalue weighted by atomic mass is 10.0. The molecule has 1 aromatic rings. The van der Waals surface area contributed by atoms with Gasteiger partial charge in [-0.05, 0) is 30.5 Å². The Balaban J connectivity index is 2.43. The standard InChI is InChI=1S/C13H17F3N2O2S/c1-2-18(9-13(14,15)16)21(19,20)12-7-3-6-11-10(12)5-4-8-17-11/h3,6-7,17H,2,4-5,8-9H2,1H3. The molecule has 0 fully saturated rings. The zero-order chi connectivity index (χ0) is 15.7. The van der Waals surface area contributed by atoms with Gasteiger partial charge in [0.05, 0.1) is 4.90 Å². The van der Waals surface area contributed by atoms with Crippen molar-refractivity contribution in [2.75, 3.05) is 25.0 Å². The number of halogens is 3. The second-order valence-electron chi connectivity index (χ2n) is 4.86. The second kappa shape index (κ2) is 5.84. The van der Waals surface area contributed by atoms with Crippen molar-refractivity contribution in [2.45, 2.75) is 30.8 Å². The number of nitrogens with zero attached hydrogens (tertiary/aromatic N) is 1. The first-order chi connectivity index (χ1) is 9.75. The molecule has 1 heterocycles. The highest BCUT2D eigenvalue weighted by molar-refractivity contribution is 7.89. The minimum Gasteiger partial charge on any atom is -0.385 e. The van der Waals surface area contributed by atoms with Gasteiger partial charge in [-0.15, -0.1) is 0 Å². The summed E-state index contributed by atoms with van der Waals surface area (Å²) in [5.41, 5.74) is 1.26. The van der Waals surface area contributed by atoms with E-state index in [9.17, 15) is 21.6 Å². The molecule has 1 aliphatic heterocycles. The van der Waals surface area contributed by atoms with Crippen molar-refractivity contribution in [2.24, 2.45) is 0 Å². The van der Waals surface area contributed by atoms with Gasteiger partial charge in [0, 0.05) is 18.8 Å². The molecule has 4 nitrogen and oxygen atoms in total. The van der Waals surface area contributed by atoms with Crippen LogP contribution in [0.3, 0.4) is 0 Å². The van der Waals surface area contributed by atoms with Gasteiger partial charge in [0.25, 0.3) is 0 Å². The lowest BCUT2D eigenvalue weighted by Gasteiger charge is -2.26. The van der Waals surface area contributed by atoms with Gasteiger partial charge in [0.2, 0.25) is 10.0 Å². The summed E-state index contributed by atoms with van der Waals surface area (Å²) in [6.07, 6.45) is -3.26. The summed E-state index contributed by atoms with van der Waals surface area (Å²) in [5.74, 6) is 0. The van der Waals surface area contributed by atoms with Gasteiger partial charge in [0.1, 0.15) is 6.54 Å². The Bertz CT molecular complexity index is 614. The molecule has 0 unspecified atom stereocenters. The average Bonchev–Trinajstić information content (AvgIpc) is 2.43. The minimum atomic E-state index is -4.56. The third kappa shape index (κ3) is 3.49. The number of sulfonamides is 1. The fourth-order valence-electron chi connectivity index (χ4n) is 2.42. The molecule has 1 N–H and O–H groups in total. The molecule has 1 aliphatic rings. The zero-order valence-electron chi connectivity index (χ0n) is 11.6. The van der Waals surface area contributed by atoms with Gasteiger partial charge in [-0.2, -0.15) is 17.5 Å². The highest BCUT2D eigenvalue weighted by Gasteiger charge is 2.37. The van der Waals surface area contributed by atoms with E-state index in [0.717, 1.165) is 13.0 Å². The van der Waals surface area contributed by atoms with Crippen molar-refractivity contribution in [3.63, 3.8) is 0 Å². The molecule has 0 atom stereocenters. The third-order valence-electron chi connectivity index (χ3n) is 3.38. The van der Waals surface area contributed by atoms with E-state index in [1.165, 1.54) is 13.0 Å². The SMILES string of the molecule is CCN(CC(F)(F)F)S(=O)(=O)c1cccc2c1CCCN2. The number of hydrogen-bond acceptors (Lipinski definition) is 3. The van der Waals surface area contributed by atoms with Crippen LogP contribution in [0.2, 0.25) is 0 Å². The highest BCUT2D eigenvalue weighted by atomic mass is 32.2. The first-order valence-electron chi connectivity index (χ1n) is 6.68. The smallest absolute Gasteiger partial charge is 0.385 e. The normalized spacial score (nSPS) is 15.7. The van der Waals surface area contributed by atoms with Crippen molar-refractivity contribution >= 4 is 15.7 Å². The van der Waals surface area contributed by atoms with Gasteiger partial charge in [-0.1, -0.05) is 13.0 Å². The Hall–Kier alpha value is -1.28. The number of anilines is 1. The third-order valence-corrected chi connectivity index (χ3v) is 5.38. The zero-order valence-corrected chi connectivity index (χ0v) is 12.4. The summed E-state index contributed by atoms with van der Waals surface area (Å²) < 4.78 is 63.2. The fourth-order valence-corrected chi connectivity index (χ4v) is 4.13. The van der Waals surface area contributed by atoms with Crippen LogP contribution in [0.25, 0.3) is 0 Å². The van der Waals surface area contributed by atoms with Crippen LogP contribution < -0.4 is 5.32 Å². The lowest BCUT2D eigenvalue weighted by Crippen LogP contribution is -2.39. The molecular weight excluding hydrogens is 305 g/mol. The number of hydrogen-bond donors (Lipinski definition) is 1. The van der Waals surface area contributed by atoms with Crippen molar-refractivity contribution in [3.05, 3.63) is 23.8 Å². The Morgan fingerprint density at radius 2 is 2.05 bits per heavy atom. The van der Waals surface area contributed by atoms with E-state index in [2.05, 4.69) is 5.32 Å². The van der Waals surface area contributed by atoms with Crippen LogP contribution in [0.15, 0.2) is 23.1 Å². The Morgan fingerprint density at radius 1 is 1.33 bits per heavy atom. The first kappa shape index (κ1) is 16.1. The van der Waals surface area contributed by atoms with Gasteiger partial charge < -0.3 is 5.32 Å². The number of benzene rings is 1. The van der Waals surface area contributed by atoms with E-state index < -0.39 is 22.7 Å². The summed E-state index contributed by atoms with van der Waals surface area (Å²) in [6.45, 7) is 0.440. The average molecular weight is 322 g/mol. The molecule has 0 aromatic heterocycles. The monoisotopic (exact) mass is 322 g/mol. The van der Waals surface area contributed by atoms with Crippen molar-refractivity contribution in [1.29, 1.82) is 0 Å². The van der Waals surface area contributed by atoms with E-state index in [1.807, 2.05) is 0 Å². The van der Waals surface area contributed by atoms with Crippen LogP contribution >= 0.6 is 0 Å². The summed E-state index contributed by atoms with van der Waals surface area (Å²) in [6, 6.07) is 4.67. The van der Waals surface area contributed by atoms with Crippen molar-refractivity contribution in [3.8, 4) is 0 Å². The molecule has 0 spiro atoms. The largest absolute Gasteiger partial charge is 0.402 e. The number of nitrogens with one attached hydrogen (secondary N) is 1. The Labute approximate surface area is 122 Å². The van der Waals surface area contributed by atoms with E-state index in [4.69, 9.17) is 0 Å². The van der Waals surface area contributed by atoms with E-state index >= 15 is 0 Å². The van der Waals surface area contributed by atoms with Gasteiger partial charge in [-0.25, -0.2) is 8.42 Å². The molecule has 0 saturated heterocycles. The number of alkyl halides is 3. The van der Waals surface area contributed by atoms with Crippen LogP contribution in [0, 0.1) is 0 Å². The Morgan fingerprint density at radius 3 is 2.67 bits per heavy atom. The molecule has 2 rings (SSSR count). The minimum absolute atomic E-state index is 0.0294. The van der Waals surface area contributed by atoms with Crippen LogP contribution in [-0.4, -0.2) is 38.5 Å². The predicted octanol–water partition coefficient (Wildman–Crippen LogP) is 2.62. The first-order valence-corrected chi connectivity index (χ1v) is 8.12. The molecule has 0 radical (unpaired) electrons. The molecule has 118 valence electrons. The number of fused-ring (bicyclic) bond motifs is 1. The van der Waals surface area contributed by atoms with Gasteiger partial charge >= 0.3 is 6.18 Å². The summed E-state index contributed by atoms with van der Waals surface area (Å²) >= 11 is 0. The van der Waals surface area contributed by atoms with Crippen molar-refractivity contribution < 1.29 is 21.6 Å². The molecule has 0 amide bonds. The second-order valence-corrected chi connectivity index (χ2v) is 6.77. The molecule has 1 aromatic carbocycles. The summed E-state index contributed by atoms with van der Waals surface area (Å²) in [4.78, 5) is -0.0294. The topological polar surface area (TPSA) is 49.4 Å². The maximum atomic E-state index is 12.6. The predicted molar refractivity (Wildman–Crippen MR) is 73.7 cm³/mol. The summed E-state index contributed by atoms with van der Waals surface area (Å²) in [5, 5.41) is 3.08. The molecule has 0 saturated carbocycles. The molecule has 0 aliphatic carbocycles. The van der Waals surface area contributed by atoms with E-state index in [1.54, 1.807) is 12.1 Å². The molecule has 8 heteroatoms. The number of rotatable bonds is 4. The van der Waals surface area contributed by atoms with Crippen LogP contribution in [0.4, 0.5) is 18.9 Å². The van der Waals surface area contributed by atoms with Crippen molar-refractivity contribution in [1.82, 2.24) is 4.31 Å². The Kier molecular flexibility index (Phi) is 4.48. The van der Waals surface area contributed by atoms with Crippen LogP contribution in [0.5, 0.6) is 0 Å². The van der Waals surface area contributed by atoms with Gasteiger partial charge in [-0.3, -0.25) is 0 Å².